The lowest BCUT2D eigenvalue weighted by Gasteiger charge is -2.22. The maximum absolute atomic E-state index is 12.4. The van der Waals surface area contributed by atoms with Crippen LogP contribution in [0.2, 0.25) is 0 Å². The van der Waals surface area contributed by atoms with Gasteiger partial charge < -0.3 is 10.2 Å². The van der Waals surface area contributed by atoms with Crippen LogP contribution in [-0.2, 0) is 6.42 Å². The third kappa shape index (κ3) is 2.87. The number of nitriles is 1. The molecule has 1 aliphatic rings. The highest BCUT2D eigenvalue weighted by molar-refractivity contribution is 5.95. The molecule has 1 unspecified atom stereocenters. The van der Waals surface area contributed by atoms with Crippen LogP contribution < -0.4 is 5.32 Å². The molecule has 0 bridgehead atoms. The third-order valence-corrected chi connectivity index (χ3v) is 3.45. The molecule has 4 nitrogen and oxygen atoms in total. The van der Waals surface area contributed by atoms with Crippen LogP contribution in [0.4, 0.5) is 5.69 Å². The van der Waals surface area contributed by atoms with Crippen molar-refractivity contribution >= 4 is 11.6 Å². The summed E-state index contributed by atoms with van der Waals surface area (Å²) in [6.45, 7) is 5.81. The summed E-state index contributed by atoms with van der Waals surface area (Å²) in [4.78, 5) is 14.1. The smallest absolute Gasteiger partial charge is 0.253 e. The van der Waals surface area contributed by atoms with Crippen LogP contribution >= 0.6 is 0 Å². The van der Waals surface area contributed by atoms with Crippen molar-refractivity contribution in [2.75, 3.05) is 25.0 Å². The van der Waals surface area contributed by atoms with Crippen molar-refractivity contribution in [1.29, 1.82) is 5.26 Å². The van der Waals surface area contributed by atoms with Crippen molar-refractivity contribution in [3.05, 3.63) is 29.3 Å². The van der Waals surface area contributed by atoms with Gasteiger partial charge in [0.15, 0.2) is 0 Å². The first-order valence-corrected chi connectivity index (χ1v) is 6.71. The van der Waals surface area contributed by atoms with Crippen molar-refractivity contribution in [2.45, 2.75) is 20.3 Å². The summed E-state index contributed by atoms with van der Waals surface area (Å²) in [7, 11) is 0. The Morgan fingerprint density at radius 3 is 3.05 bits per heavy atom. The summed E-state index contributed by atoms with van der Waals surface area (Å²) in [5.74, 6) is -0.141. The molecule has 1 aromatic carbocycles. The molecule has 100 valence electrons. The molecule has 1 aromatic rings. The second-order valence-corrected chi connectivity index (χ2v) is 4.92. The SMILES string of the molecule is CCN(CC(C)C#N)C(=O)c1ccc2c(c1)NCC2. The minimum atomic E-state index is -0.142. The van der Waals surface area contributed by atoms with Crippen LogP contribution in [0.5, 0.6) is 0 Å². The van der Waals surface area contributed by atoms with E-state index in [1.54, 1.807) is 4.90 Å². The van der Waals surface area contributed by atoms with Crippen molar-refractivity contribution in [1.82, 2.24) is 4.90 Å². The van der Waals surface area contributed by atoms with Gasteiger partial charge in [-0.2, -0.15) is 5.26 Å². The van der Waals surface area contributed by atoms with E-state index in [0.717, 1.165) is 18.7 Å². The number of hydrogen-bond donors (Lipinski definition) is 1. The van der Waals surface area contributed by atoms with Gasteiger partial charge in [0.25, 0.3) is 5.91 Å². The molecular weight excluding hydrogens is 238 g/mol. The molecule has 0 aromatic heterocycles. The molecule has 0 saturated carbocycles. The first kappa shape index (κ1) is 13.4. The quantitative estimate of drug-likeness (QED) is 0.900. The Labute approximate surface area is 114 Å². The van der Waals surface area contributed by atoms with Crippen molar-refractivity contribution in [2.24, 2.45) is 5.92 Å². The summed E-state index contributed by atoms with van der Waals surface area (Å²) in [6.07, 6.45) is 1.02. The van der Waals surface area contributed by atoms with E-state index in [0.29, 0.717) is 18.7 Å². The molecule has 0 aliphatic carbocycles. The Kier molecular flexibility index (Phi) is 4.06. The predicted molar refractivity (Wildman–Crippen MR) is 75.0 cm³/mol. The van der Waals surface area contributed by atoms with E-state index in [4.69, 9.17) is 5.26 Å². The van der Waals surface area contributed by atoms with Crippen LogP contribution in [0.25, 0.3) is 0 Å². The zero-order valence-corrected chi connectivity index (χ0v) is 11.4. The molecule has 2 rings (SSSR count). The monoisotopic (exact) mass is 257 g/mol. The third-order valence-electron chi connectivity index (χ3n) is 3.45. The first-order chi connectivity index (χ1) is 9.15. The Hall–Kier alpha value is -2.02. The molecule has 0 fully saturated rings. The number of nitrogens with zero attached hydrogens (tertiary/aromatic N) is 2. The average molecular weight is 257 g/mol. The summed E-state index contributed by atoms with van der Waals surface area (Å²) in [6, 6.07) is 7.99. The second kappa shape index (κ2) is 5.75. The number of carbonyl (C=O) groups is 1. The minimum Gasteiger partial charge on any atom is -0.384 e. The molecule has 1 N–H and O–H groups in total. The van der Waals surface area contributed by atoms with E-state index >= 15 is 0 Å². The summed E-state index contributed by atoms with van der Waals surface area (Å²) >= 11 is 0. The van der Waals surface area contributed by atoms with E-state index in [-0.39, 0.29) is 11.8 Å². The topological polar surface area (TPSA) is 56.1 Å². The van der Waals surface area contributed by atoms with Crippen LogP contribution in [0, 0.1) is 17.2 Å². The number of anilines is 1. The number of benzene rings is 1. The number of amides is 1. The number of carbonyl (C=O) groups excluding carboxylic acids is 1. The minimum absolute atomic E-state index is 0.00102. The van der Waals surface area contributed by atoms with Crippen LogP contribution in [0.1, 0.15) is 29.8 Å². The lowest BCUT2D eigenvalue weighted by molar-refractivity contribution is 0.0753. The highest BCUT2D eigenvalue weighted by Gasteiger charge is 2.19. The maximum Gasteiger partial charge on any atom is 0.253 e. The van der Waals surface area contributed by atoms with Crippen LogP contribution in [-0.4, -0.2) is 30.4 Å². The van der Waals surface area contributed by atoms with E-state index in [2.05, 4.69) is 11.4 Å². The number of nitrogens with one attached hydrogen (secondary N) is 1. The molecule has 1 amide bonds. The first-order valence-electron chi connectivity index (χ1n) is 6.71. The maximum atomic E-state index is 12.4. The molecular formula is C15H19N3O. The fourth-order valence-electron chi connectivity index (χ4n) is 2.33. The van der Waals surface area contributed by atoms with Crippen molar-refractivity contribution < 1.29 is 4.79 Å². The van der Waals surface area contributed by atoms with Crippen LogP contribution in [0.3, 0.4) is 0 Å². The lowest BCUT2D eigenvalue weighted by atomic mass is 10.1. The highest BCUT2D eigenvalue weighted by atomic mass is 16.2. The summed E-state index contributed by atoms with van der Waals surface area (Å²) in [5.41, 5.74) is 3.03. The van der Waals surface area contributed by atoms with E-state index < -0.39 is 0 Å². The number of hydrogen-bond acceptors (Lipinski definition) is 3. The molecule has 1 heterocycles. The van der Waals surface area contributed by atoms with E-state index in [1.165, 1.54) is 5.56 Å². The average Bonchev–Trinajstić information content (AvgIpc) is 2.90. The Morgan fingerprint density at radius 1 is 1.58 bits per heavy atom. The zero-order valence-electron chi connectivity index (χ0n) is 11.4. The molecule has 4 heteroatoms. The van der Waals surface area contributed by atoms with Gasteiger partial charge in [0.2, 0.25) is 0 Å². The van der Waals surface area contributed by atoms with Crippen molar-refractivity contribution in [3.8, 4) is 6.07 Å². The van der Waals surface area contributed by atoms with Gasteiger partial charge in [-0.1, -0.05) is 6.07 Å². The summed E-state index contributed by atoms with van der Waals surface area (Å²) < 4.78 is 0. The van der Waals surface area contributed by atoms with Gasteiger partial charge in [0.1, 0.15) is 0 Å². The van der Waals surface area contributed by atoms with Gasteiger partial charge in [-0.25, -0.2) is 0 Å². The van der Waals surface area contributed by atoms with Gasteiger partial charge in [-0.3, -0.25) is 4.79 Å². The largest absolute Gasteiger partial charge is 0.384 e. The molecule has 0 spiro atoms. The normalized spacial score (nSPS) is 14.2. The molecule has 0 radical (unpaired) electrons. The summed E-state index contributed by atoms with van der Waals surface area (Å²) in [5, 5.41) is 12.1. The van der Waals surface area contributed by atoms with Gasteiger partial charge in [-0.05, 0) is 38.0 Å². The molecule has 1 aliphatic heterocycles. The fraction of sp³-hybridized carbons (Fsp3) is 0.467. The molecule has 0 saturated heterocycles. The second-order valence-electron chi connectivity index (χ2n) is 4.92. The molecule has 1 atom stereocenters. The van der Waals surface area contributed by atoms with E-state index in [1.807, 2.05) is 32.0 Å². The Bertz CT molecular complexity index is 519. The van der Waals surface area contributed by atoms with Crippen molar-refractivity contribution in [3.63, 3.8) is 0 Å². The van der Waals surface area contributed by atoms with Crippen LogP contribution in [0.15, 0.2) is 18.2 Å². The highest BCUT2D eigenvalue weighted by Crippen LogP contribution is 2.24. The standard InChI is InChI=1S/C15H19N3O/c1-3-18(10-11(2)9-16)15(19)13-5-4-12-6-7-17-14(12)8-13/h4-5,8,11,17H,3,6-7,10H2,1-2H3. The Morgan fingerprint density at radius 2 is 2.37 bits per heavy atom. The zero-order chi connectivity index (χ0) is 13.8. The number of rotatable bonds is 4. The van der Waals surface area contributed by atoms with Gasteiger partial charge >= 0.3 is 0 Å². The fourth-order valence-corrected chi connectivity index (χ4v) is 2.33. The Balaban J connectivity index is 2.16. The predicted octanol–water partition coefficient (Wildman–Crippen LogP) is 2.28. The van der Waals surface area contributed by atoms with Gasteiger partial charge in [0, 0.05) is 30.9 Å². The molecule has 19 heavy (non-hydrogen) atoms. The lowest BCUT2D eigenvalue weighted by Crippen LogP contribution is -2.34. The number of fused-ring (bicyclic) bond motifs is 1. The van der Waals surface area contributed by atoms with Gasteiger partial charge in [0.05, 0.1) is 12.0 Å². The van der Waals surface area contributed by atoms with Gasteiger partial charge in [-0.15, -0.1) is 0 Å². The van der Waals surface area contributed by atoms with E-state index in [9.17, 15) is 4.79 Å².